The number of carbonyl (C=O) groups is 3. The van der Waals surface area contributed by atoms with Crippen molar-refractivity contribution < 1.29 is 14.4 Å². The zero-order valence-electron chi connectivity index (χ0n) is 19.2. The third kappa shape index (κ3) is 4.51. The number of anilines is 1. The number of hydrogen-bond donors (Lipinski definition) is 2. The normalized spacial score (nSPS) is 27.0. The number of nitrogens with one attached hydrogen (secondary N) is 2. The number of piperazine rings is 1. The zero-order chi connectivity index (χ0) is 22.8. The number of amides is 3. The highest BCUT2D eigenvalue weighted by Gasteiger charge is 2.52. The highest BCUT2D eigenvalue weighted by molar-refractivity contribution is 5.98. The van der Waals surface area contributed by atoms with Crippen LogP contribution in [0, 0.1) is 11.8 Å². The molecule has 9 nitrogen and oxygen atoms in total. The van der Waals surface area contributed by atoms with Crippen LogP contribution in [-0.4, -0.2) is 97.4 Å². The molecule has 0 saturated carbocycles. The zero-order valence-corrected chi connectivity index (χ0v) is 19.2. The van der Waals surface area contributed by atoms with E-state index < -0.39 is 0 Å². The molecule has 3 unspecified atom stereocenters. The van der Waals surface area contributed by atoms with Crippen molar-refractivity contribution in [2.45, 2.75) is 25.9 Å². The summed E-state index contributed by atoms with van der Waals surface area (Å²) in [5, 5.41) is 4.27. The van der Waals surface area contributed by atoms with Crippen LogP contribution in [0.15, 0.2) is 30.3 Å². The molecule has 3 fully saturated rings. The maximum Gasteiger partial charge on any atom is 0.247 e. The number of para-hydroxylation sites is 1. The Morgan fingerprint density at radius 1 is 1.09 bits per heavy atom. The van der Waals surface area contributed by atoms with E-state index in [0.29, 0.717) is 45.8 Å². The van der Waals surface area contributed by atoms with Crippen molar-refractivity contribution in [2.24, 2.45) is 11.8 Å². The maximum atomic E-state index is 13.6. The molecule has 3 amide bonds. The summed E-state index contributed by atoms with van der Waals surface area (Å²) in [6.07, 6.45) is 0. The number of piperidine rings is 1. The fourth-order valence-corrected chi connectivity index (χ4v) is 4.95. The molecule has 2 N–H and O–H groups in total. The number of benzene rings is 1. The van der Waals surface area contributed by atoms with Crippen molar-refractivity contribution >= 4 is 23.4 Å². The average molecular weight is 443 g/mol. The van der Waals surface area contributed by atoms with Crippen LogP contribution in [0.3, 0.4) is 0 Å². The van der Waals surface area contributed by atoms with Crippen LogP contribution in [0.4, 0.5) is 5.69 Å². The Labute approximate surface area is 189 Å². The molecule has 1 aromatic carbocycles. The molecule has 3 atom stereocenters. The average Bonchev–Trinajstić information content (AvgIpc) is 3.15. The van der Waals surface area contributed by atoms with E-state index in [4.69, 9.17) is 0 Å². The first-order chi connectivity index (χ1) is 15.4. The van der Waals surface area contributed by atoms with E-state index in [1.54, 1.807) is 12.1 Å². The molecule has 9 heteroatoms. The second-order valence-electron chi connectivity index (χ2n) is 9.20. The highest BCUT2D eigenvalue weighted by Crippen LogP contribution is 2.33. The van der Waals surface area contributed by atoms with Crippen LogP contribution < -0.4 is 15.8 Å². The molecule has 174 valence electrons. The first kappa shape index (κ1) is 22.7. The topological polar surface area (TPSA) is 88.2 Å². The summed E-state index contributed by atoms with van der Waals surface area (Å²) in [5.41, 5.74) is 4.18. The number of fused-ring (bicyclic) bond motifs is 1. The van der Waals surface area contributed by atoms with E-state index in [0.717, 1.165) is 5.69 Å². The lowest BCUT2D eigenvalue weighted by Crippen LogP contribution is -2.60. The largest absolute Gasteiger partial charge is 0.358 e. The first-order valence-corrected chi connectivity index (χ1v) is 11.5. The third-order valence-corrected chi connectivity index (χ3v) is 6.94. The lowest BCUT2D eigenvalue weighted by atomic mass is 9.83. The van der Waals surface area contributed by atoms with E-state index in [1.165, 1.54) is 0 Å². The van der Waals surface area contributed by atoms with Crippen LogP contribution in [0.1, 0.15) is 13.8 Å². The van der Waals surface area contributed by atoms with Crippen molar-refractivity contribution in [2.75, 3.05) is 57.9 Å². The van der Waals surface area contributed by atoms with Gasteiger partial charge in [-0.2, -0.15) is 0 Å². The number of nitrogens with zero attached hydrogens (tertiary/aromatic N) is 4. The summed E-state index contributed by atoms with van der Waals surface area (Å²) in [6.45, 7) is 8.43. The van der Waals surface area contributed by atoms with Gasteiger partial charge in [-0.3, -0.25) is 24.2 Å². The van der Waals surface area contributed by atoms with Gasteiger partial charge in [0, 0.05) is 52.4 Å². The van der Waals surface area contributed by atoms with Gasteiger partial charge in [0.05, 0.1) is 30.1 Å². The van der Waals surface area contributed by atoms with Gasteiger partial charge in [0.2, 0.25) is 17.7 Å². The molecule has 3 heterocycles. The van der Waals surface area contributed by atoms with E-state index in [9.17, 15) is 14.4 Å². The molecular weight excluding hydrogens is 408 g/mol. The summed E-state index contributed by atoms with van der Waals surface area (Å²) < 4.78 is 0. The maximum absolute atomic E-state index is 13.6. The molecule has 0 aliphatic carbocycles. The van der Waals surface area contributed by atoms with Crippen LogP contribution in [-0.2, 0) is 14.4 Å². The van der Waals surface area contributed by atoms with Crippen molar-refractivity contribution in [3.8, 4) is 0 Å². The predicted octanol–water partition coefficient (Wildman–Crippen LogP) is -0.247. The summed E-state index contributed by atoms with van der Waals surface area (Å²) in [7, 11) is 1.64. The van der Waals surface area contributed by atoms with Crippen molar-refractivity contribution in [3.05, 3.63) is 30.3 Å². The van der Waals surface area contributed by atoms with Gasteiger partial charge in [0.25, 0.3) is 0 Å². The molecular formula is C23H34N6O3. The van der Waals surface area contributed by atoms with Gasteiger partial charge < -0.3 is 10.2 Å². The Balaban J connectivity index is 1.49. The second kappa shape index (κ2) is 9.56. The fourth-order valence-electron chi connectivity index (χ4n) is 4.95. The molecule has 1 aromatic rings. The van der Waals surface area contributed by atoms with E-state index in [-0.39, 0.29) is 41.6 Å². The molecule has 3 aliphatic rings. The molecule has 0 aromatic heterocycles. The summed E-state index contributed by atoms with van der Waals surface area (Å²) >= 11 is 0. The Hall–Kier alpha value is -2.49. The minimum Gasteiger partial charge on any atom is -0.358 e. The molecule has 3 saturated heterocycles. The fraction of sp³-hybridized carbons (Fsp3) is 0.609. The lowest BCUT2D eigenvalue weighted by molar-refractivity contribution is -0.141. The number of likely N-dealkylation sites (tertiary alicyclic amines) is 1. The molecule has 0 bridgehead atoms. The molecule has 32 heavy (non-hydrogen) atoms. The number of carbonyl (C=O) groups excluding carboxylic acids is 3. The predicted molar refractivity (Wildman–Crippen MR) is 122 cm³/mol. The summed E-state index contributed by atoms with van der Waals surface area (Å²) in [6, 6.07) is 9.61. The summed E-state index contributed by atoms with van der Waals surface area (Å²) in [5.74, 6) is -0.434. The van der Waals surface area contributed by atoms with Crippen molar-refractivity contribution in [1.29, 1.82) is 0 Å². The number of hydrazine groups is 1. The van der Waals surface area contributed by atoms with Gasteiger partial charge in [-0.25, -0.2) is 10.4 Å². The van der Waals surface area contributed by atoms with E-state index in [1.807, 2.05) is 35.2 Å². The van der Waals surface area contributed by atoms with Gasteiger partial charge >= 0.3 is 0 Å². The van der Waals surface area contributed by atoms with Gasteiger partial charge in [-0.05, 0) is 26.0 Å². The van der Waals surface area contributed by atoms with Crippen molar-refractivity contribution in [3.63, 3.8) is 0 Å². The van der Waals surface area contributed by atoms with E-state index >= 15 is 0 Å². The second-order valence-corrected chi connectivity index (χ2v) is 9.20. The molecule has 0 spiro atoms. The van der Waals surface area contributed by atoms with Gasteiger partial charge in [0.15, 0.2) is 0 Å². The monoisotopic (exact) mass is 442 g/mol. The van der Waals surface area contributed by atoms with Gasteiger partial charge in [0.1, 0.15) is 0 Å². The number of rotatable bonds is 5. The third-order valence-electron chi connectivity index (χ3n) is 6.94. The van der Waals surface area contributed by atoms with Gasteiger partial charge in [-0.15, -0.1) is 0 Å². The molecule has 0 radical (unpaired) electrons. The van der Waals surface area contributed by atoms with Crippen LogP contribution >= 0.6 is 0 Å². The summed E-state index contributed by atoms with van der Waals surface area (Å²) in [4.78, 5) is 44.8. The standard InChI is InChI=1S/C23H34N6O3/c1-16(2)28-13-18(22(31)27-11-9-26(10-12-27)15-20(30)24-3)21-19(14-28)23(32)29(25-21)17-7-5-4-6-8-17/h4-8,16,18-19,21,25H,9-15H2,1-3H3,(H,24,30). The lowest BCUT2D eigenvalue weighted by Gasteiger charge is -2.43. The Bertz CT molecular complexity index is 839. The SMILES string of the molecule is CNC(=O)CN1CCN(C(=O)C2CN(C(C)C)CC3C(=O)N(c4ccccc4)NC23)CC1. The molecule has 3 aliphatic heterocycles. The Morgan fingerprint density at radius 2 is 1.78 bits per heavy atom. The number of likely N-dealkylation sites (N-methyl/N-ethyl adjacent to an activating group) is 1. The van der Waals surface area contributed by atoms with Crippen LogP contribution in [0.5, 0.6) is 0 Å². The van der Waals surface area contributed by atoms with Gasteiger partial charge in [-0.1, -0.05) is 18.2 Å². The minimum absolute atomic E-state index is 0.0119. The van der Waals surface area contributed by atoms with Crippen molar-refractivity contribution in [1.82, 2.24) is 25.4 Å². The highest BCUT2D eigenvalue weighted by atomic mass is 16.2. The number of hydrogen-bond acceptors (Lipinski definition) is 6. The smallest absolute Gasteiger partial charge is 0.247 e. The molecule has 4 rings (SSSR count). The Morgan fingerprint density at radius 3 is 2.41 bits per heavy atom. The van der Waals surface area contributed by atoms with Crippen LogP contribution in [0.2, 0.25) is 0 Å². The first-order valence-electron chi connectivity index (χ1n) is 11.5. The van der Waals surface area contributed by atoms with Crippen LogP contribution in [0.25, 0.3) is 0 Å². The minimum atomic E-state index is -0.292. The van der Waals surface area contributed by atoms with E-state index in [2.05, 4.69) is 34.4 Å². The Kier molecular flexibility index (Phi) is 6.78. The quantitative estimate of drug-likeness (QED) is 0.654.